The molecule has 0 aromatic carbocycles. The number of imide groups is 2. The SMILES string of the molecule is CCCC(=O)NOC(=O)CCN(CCC(=O)ON1C(=O)CCC1=O)C(=O)CCN(CCC(=O)N(CCC(=O)ON1CCCC1=O)CCC(=O)ON1C(=O)CCC1=O)C(=O)C(CNC(=O)/C=C/Br)CNC(=O)/C=C/Br. The molecule has 3 aliphatic heterocycles. The molecule has 11 amide bonds. The Bertz CT molecular complexity index is 2170. The molecule has 3 fully saturated rings. The molecular weight excluding hydrogens is 1120 g/mol. The highest BCUT2D eigenvalue weighted by Gasteiger charge is 2.35. The molecule has 0 aromatic rings. The molecule has 30 heteroatoms. The lowest BCUT2D eigenvalue weighted by Gasteiger charge is -2.30. The van der Waals surface area contributed by atoms with Crippen LogP contribution in [0.25, 0.3) is 0 Å². The maximum Gasteiger partial charge on any atom is 0.334 e. The van der Waals surface area contributed by atoms with E-state index in [1.807, 2.05) is 5.48 Å². The largest absolute Gasteiger partial charge is 0.352 e. The molecule has 0 bridgehead atoms. The first-order chi connectivity index (χ1) is 35.3. The molecule has 0 saturated carbocycles. The van der Waals surface area contributed by atoms with Crippen LogP contribution in [0.3, 0.4) is 0 Å². The lowest BCUT2D eigenvalue weighted by atomic mass is 10.1. The van der Waals surface area contributed by atoms with Gasteiger partial charge in [0.2, 0.25) is 29.5 Å². The zero-order chi connectivity index (χ0) is 54.7. The van der Waals surface area contributed by atoms with Crippen molar-refractivity contribution in [2.45, 2.75) is 96.8 Å². The first-order valence-corrected chi connectivity index (χ1v) is 25.2. The Morgan fingerprint density at radius 2 is 0.946 bits per heavy atom. The van der Waals surface area contributed by atoms with Crippen LogP contribution >= 0.6 is 31.9 Å². The number of carbonyl (C=O) groups excluding carboxylic acids is 15. The molecule has 3 N–H and O–H groups in total. The van der Waals surface area contributed by atoms with Gasteiger partial charge in [-0.2, -0.15) is 10.5 Å². The van der Waals surface area contributed by atoms with Gasteiger partial charge in [-0.3, -0.25) is 52.7 Å². The third-order valence-corrected chi connectivity index (χ3v) is 11.3. The molecule has 3 heterocycles. The van der Waals surface area contributed by atoms with Gasteiger partial charge in [0.15, 0.2) is 0 Å². The van der Waals surface area contributed by atoms with Crippen LogP contribution < -0.4 is 16.1 Å². The summed E-state index contributed by atoms with van der Waals surface area (Å²) in [7, 11) is 0. The molecule has 0 radical (unpaired) electrons. The van der Waals surface area contributed by atoms with Gasteiger partial charge in [0.05, 0.1) is 38.1 Å². The Hall–Kier alpha value is -7.11. The van der Waals surface area contributed by atoms with Gasteiger partial charge in [-0.25, -0.2) is 19.2 Å². The number of rotatable bonds is 30. The molecule has 0 unspecified atom stereocenters. The second kappa shape index (κ2) is 32.2. The lowest BCUT2D eigenvalue weighted by Crippen LogP contribution is -2.48. The van der Waals surface area contributed by atoms with Crippen molar-refractivity contribution in [1.29, 1.82) is 0 Å². The number of nitrogens with zero attached hydrogens (tertiary/aromatic N) is 6. The molecule has 28 nitrogen and oxygen atoms in total. The minimum atomic E-state index is -1.26. The van der Waals surface area contributed by atoms with Crippen molar-refractivity contribution in [3.63, 3.8) is 0 Å². The molecule has 0 aliphatic carbocycles. The summed E-state index contributed by atoms with van der Waals surface area (Å²) in [5.74, 6) is -13.1. The van der Waals surface area contributed by atoms with E-state index in [1.54, 1.807) is 6.92 Å². The van der Waals surface area contributed by atoms with Crippen molar-refractivity contribution in [3.8, 4) is 0 Å². The third kappa shape index (κ3) is 21.5. The van der Waals surface area contributed by atoms with Crippen LogP contribution in [0.4, 0.5) is 0 Å². The average Bonchev–Trinajstić information content (AvgIpc) is 4.02. The zero-order valence-electron chi connectivity index (χ0n) is 40.3. The second-order valence-electron chi connectivity index (χ2n) is 16.3. The molecule has 3 rings (SSSR count). The monoisotopic (exact) mass is 1170 g/mol. The van der Waals surface area contributed by atoms with Gasteiger partial charge in [0.1, 0.15) is 0 Å². The van der Waals surface area contributed by atoms with E-state index < -0.39 is 186 Å². The quantitative estimate of drug-likeness (QED) is 0.0448. The van der Waals surface area contributed by atoms with E-state index in [1.165, 1.54) is 9.97 Å². The van der Waals surface area contributed by atoms with Crippen molar-refractivity contribution in [1.82, 2.24) is 46.0 Å². The Balaban J connectivity index is 1.91. The zero-order valence-corrected chi connectivity index (χ0v) is 43.5. The average molecular weight is 1180 g/mol. The van der Waals surface area contributed by atoms with Crippen molar-refractivity contribution in [2.24, 2.45) is 5.92 Å². The maximum absolute atomic E-state index is 14.5. The number of carbonyl (C=O) groups is 15. The van der Waals surface area contributed by atoms with Crippen LogP contribution in [0.15, 0.2) is 22.1 Å². The molecule has 406 valence electrons. The van der Waals surface area contributed by atoms with Crippen LogP contribution in [-0.4, -0.2) is 178 Å². The van der Waals surface area contributed by atoms with Gasteiger partial charge in [-0.1, -0.05) is 38.8 Å². The van der Waals surface area contributed by atoms with E-state index in [9.17, 15) is 71.9 Å². The number of halogens is 2. The number of hydrogen-bond acceptors (Lipinski definition) is 19. The maximum atomic E-state index is 14.5. The molecule has 0 aromatic heterocycles. The number of hydrogen-bond donors (Lipinski definition) is 3. The van der Waals surface area contributed by atoms with Crippen molar-refractivity contribution in [3.05, 3.63) is 22.1 Å². The fourth-order valence-corrected chi connectivity index (χ4v) is 7.34. The normalized spacial score (nSPS) is 14.4. The molecule has 0 atom stereocenters. The summed E-state index contributed by atoms with van der Waals surface area (Å²) in [6.45, 7) is -1.69. The summed E-state index contributed by atoms with van der Waals surface area (Å²) in [4.78, 5) is 216. The fraction of sp³-hybridized carbons (Fsp3) is 0.568. The summed E-state index contributed by atoms with van der Waals surface area (Å²) in [5, 5.41) is 6.52. The predicted molar refractivity (Wildman–Crippen MR) is 254 cm³/mol. The minimum absolute atomic E-state index is 0.0404. The molecule has 3 saturated heterocycles. The van der Waals surface area contributed by atoms with E-state index in [-0.39, 0.29) is 45.1 Å². The third-order valence-electron chi connectivity index (χ3n) is 10.8. The Morgan fingerprint density at radius 1 is 0.541 bits per heavy atom. The van der Waals surface area contributed by atoms with E-state index in [0.717, 1.165) is 31.9 Å². The summed E-state index contributed by atoms with van der Waals surface area (Å²) in [6, 6.07) is 0. The molecule has 0 spiro atoms. The van der Waals surface area contributed by atoms with E-state index in [0.29, 0.717) is 23.0 Å². The van der Waals surface area contributed by atoms with E-state index >= 15 is 0 Å². The summed E-state index contributed by atoms with van der Waals surface area (Å²) < 4.78 is 0. The Morgan fingerprint density at radius 3 is 1.34 bits per heavy atom. The van der Waals surface area contributed by atoms with Crippen LogP contribution in [0.2, 0.25) is 0 Å². The summed E-state index contributed by atoms with van der Waals surface area (Å²) >= 11 is 5.96. The molecule has 74 heavy (non-hydrogen) atoms. The number of hydroxylamine groups is 7. The Kier molecular flexibility index (Phi) is 26.6. The minimum Gasteiger partial charge on any atom is -0.352 e. The smallest absolute Gasteiger partial charge is 0.334 e. The number of nitrogens with one attached hydrogen (secondary N) is 3. The van der Waals surface area contributed by atoms with Crippen molar-refractivity contribution in [2.75, 3.05) is 58.9 Å². The van der Waals surface area contributed by atoms with Crippen molar-refractivity contribution >= 4 is 121 Å². The molecular formula is C44H57Br2N9O19. The van der Waals surface area contributed by atoms with E-state index in [4.69, 9.17) is 19.4 Å². The van der Waals surface area contributed by atoms with Crippen molar-refractivity contribution < 1.29 is 91.3 Å². The van der Waals surface area contributed by atoms with Crippen LogP contribution in [0, 0.1) is 5.92 Å². The van der Waals surface area contributed by atoms with Gasteiger partial charge in [-0.15, -0.1) is 10.1 Å². The first kappa shape index (κ1) is 61.2. The standard InChI is InChI=1S/C44H57Br2N9O19/c1-2-4-32(58)49-71-40(66)14-23-50(25-16-42(68)73-54-36(62)6-7-37(54)63)33(59)12-21-52(44(70)29(27-47-30(56)10-18-45)28-48-31(57)11-19-46)22-13-34(60)51(24-15-41(67)72-53-20-3-5-35(53)61)26-17-43(69)74-55-38(64)8-9-39(55)65/h10-11,18-19,29H,2-9,12-17,20-28H2,1H3,(H,47,56)(H,48,57)(H,49,58)/b18-10+,19-11+. The lowest BCUT2D eigenvalue weighted by molar-refractivity contribution is -0.197. The van der Waals surface area contributed by atoms with Gasteiger partial charge >= 0.3 is 23.9 Å². The highest BCUT2D eigenvalue weighted by atomic mass is 79.9. The van der Waals surface area contributed by atoms with Gasteiger partial charge < -0.3 is 44.7 Å². The van der Waals surface area contributed by atoms with Crippen LogP contribution in [-0.2, 0) is 91.3 Å². The predicted octanol–water partition coefficient (Wildman–Crippen LogP) is -0.852. The van der Waals surface area contributed by atoms with Gasteiger partial charge in [-0.05, 0) is 22.8 Å². The van der Waals surface area contributed by atoms with Gasteiger partial charge in [0, 0.05) is 116 Å². The number of amides is 11. The van der Waals surface area contributed by atoms with Gasteiger partial charge in [0.25, 0.3) is 35.4 Å². The first-order valence-electron chi connectivity index (χ1n) is 23.3. The van der Waals surface area contributed by atoms with Crippen LogP contribution in [0.1, 0.15) is 96.8 Å². The Labute approximate surface area is 440 Å². The summed E-state index contributed by atoms with van der Waals surface area (Å²) in [6.07, 6.45) is -0.875. The highest BCUT2D eigenvalue weighted by Crippen LogP contribution is 2.16. The second-order valence-corrected chi connectivity index (χ2v) is 17.3. The molecule has 3 aliphatic rings. The highest BCUT2D eigenvalue weighted by molar-refractivity contribution is 9.11. The summed E-state index contributed by atoms with van der Waals surface area (Å²) in [5.41, 5.74) is 1.98. The topological polar surface area (TPSA) is 348 Å². The van der Waals surface area contributed by atoms with E-state index in [2.05, 4.69) is 42.5 Å². The fourth-order valence-electron chi connectivity index (χ4n) is 6.86. The van der Waals surface area contributed by atoms with Crippen LogP contribution in [0.5, 0.6) is 0 Å².